The van der Waals surface area contributed by atoms with Gasteiger partial charge in [0.25, 0.3) is 15.9 Å². The Kier molecular flexibility index (Phi) is 7.07. The molecule has 10 heteroatoms. The van der Waals surface area contributed by atoms with Gasteiger partial charge in [0.2, 0.25) is 5.91 Å². The minimum absolute atomic E-state index is 0.0625. The highest BCUT2D eigenvalue weighted by molar-refractivity contribution is 7.92. The second kappa shape index (κ2) is 9.78. The van der Waals surface area contributed by atoms with Crippen LogP contribution in [-0.2, 0) is 14.8 Å². The van der Waals surface area contributed by atoms with Crippen molar-refractivity contribution in [2.45, 2.75) is 11.8 Å². The van der Waals surface area contributed by atoms with Gasteiger partial charge in [-0.15, -0.1) is 0 Å². The summed E-state index contributed by atoms with van der Waals surface area (Å²) in [6.07, 6.45) is 0. The zero-order valence-corrected chi connectivity index (χ0v) is 18.6. The molecule has 0 heterocycles. The van der Waals surface area contributed by atoms with Gasteiger partial charge in [0.05, 0.1) is 17.1 Å². The number of carbonyl (C=O) groups excluding carboxylic acids is 2. The molecule has 3 aromatic rings. The Hall–Kier alpha value is -3.79. The Balaban J connectivity index is 1.77. The average molecular weight is 474 g/mol. The molecule has 172 valence electrons. The van der Waals surface area contributed by atoms with Crippen molar-refractivity contribution in [2.24, 2.45) is 0 Å². The maximum atomic E-state index is 13.9. The number of amides is 2. The third-order valence-corrected chi connectivity index (χ3v) is 6.07. The number of hydrogen-bond acceptors (Lipinski definition) is 4. The summed E-state index contributed by atoms with van der Waals surface area (Å²) in [5, 5.41) is 2.49. The fraction of sp³-hybridized carbons (Fsp3) is 0.130. The number of halogens is 2. The van der Waals surface area contributed by atoms with Gasteiger partial charge in [0.15, 0.2) is 0 Å². The van der Waals surface area contributed by atoms with Crippen molar-refractivity contribution in [2.75, 3.05) is 23.6 Å². The van der Waals surface area contributed by atoms with Gasteiger partial charge in [0.1, 0.15) is 11.6 Å². The van der Waals surface area contributed by atoms with E-state index in [0.717, 1.165) is 17.0 Å². The van der Waals surface area contributed by atoms with E-state index in [2.05, 4.69) is 10.0 Å². The molecule has 0 aromatic heterocycles. The first-order valence-electron chi connectivity index (χ1n) is 9.76. The van der Waals surface area contributed by atoms with E-state index in [1.807, 2.05) is 0 Å². The zero-order valence-electron chi connectivity index (χ0n) is 17.8. The van der Waals surface area contributed by atoms with Crippen LogP contribution in [-0.4, -0.2) is 38.7 Å². The number of anilines is 2. The molecule has 0 aliphatic rings. The van der Waals surface area contributed by atoms with E-state index >= 15 is 0 Å². The number of nitrogens with zero attached hydrogens (tertiary/aromatic N) is 1. The van der Waals surface area contributed by atoms with Gasteiger partial charge in [-0.1, -0.05) is 24.3 Å². The lowest BCUT2D eigenvalue weighted by atomic mass is 10.1. The lowest BCUT2D eigenvalue weighted by Crippen LogP contribution is -2.35. The SMILES string of the molecule is Cc1ccc(S(=O)(=O)Nc2ccccc2F)cc1C(=O)N(C)CC(=O)Nc1cccc(F)c1. The highest BCUT2D eigenvalue weighted by Crippen LogP contribution is 2.22. The summed E-state index contributed by atoms with van der Waals surface area (Å²) in [5.41, 5.74) is 0.566. The third-order valence-electron chi connectivity index (χ3n) is 4.70. The van der Waals surface area contributed by atoms with Gasteiger partial charge in [-0.2, -0.15) is 0 Å². The van der Waals surface area contributed by atoms with Crippen molar-refractivity contribution in [3.05, 3.63) is 89.5 Å². The molecule has 0 saturated carbocycles. The first-order valence-corrected chi connectivity index (χ1v) is 11.2. The van der Waals surface area contributed by atoms with Gasteiger partial charge >= 0.3 is 0 Å². The second-order valence-electron chi connectivity index (χ2n) is 7.28. The van der Waals surface area contributed by atoms with Crippen LogP contribution in [0.4, 0.5) is 20.2 Å². The molecule has 0 aliphatic heterocycles. The molecule has 2 amide bonds. The quantitative estimate of drug-likeness (QED) is 0.546. The van der Waals surface area contributed by atoms with Gasteiger partial charge in [0, 0.05) is 18.3 Å². The zero-order chi connectivity index (χ0) is 24.2. The highest BCUT2D eigenvalue weighted by Gasteiger charge is 2.22. The number of nitrogens with one attached hydrogen (secondary N) is 2. The van der Waals surface area contributed by atoms with E-state index in [0.29, 0.717) is 5.56 Å². The minimum Gasteiger partial charge on any atom is -0.332 e. The molecule has 0 aliphatic carbocycles. The summed E-state index contributed by atoms with van der Waals surface area (Å²) in [7, 11) is -2.80. The number of aryl methyl sites for hydroxylation is 1. The molecule has 0 radical (unpaired) electrons. The van der Waals surface area contributed by atoms with Crippen LogP contribution in [0.5, 0.6) is 0 Å². The molecule has 0 unspecified atom stereocenters. The summed E-state index contributed by atoms with van der Waals surface area (Å²) in [6, 6.07) is 14.5. The minimum atomic E-state index is -4.18. The third kappa shape index (κ3) is 5.92. The van der Waals surface area contributed by atoms with E-state index in [-0.39, 0.29) is 28.4 Å². The van der Waals surface area contributed by atoms with Crippen LogP contribution >= 0.6 is 0 Å². The van der Waals surface area contributed by atoms with Crippen LogP contribution in [0.25, 0.3) is 0 Å². The molecule has 33 heavy (non-hydrogen) atoms. The van der Waals surface area contributed by atoms with Crippen molar-refractivity contribution in [3.63, 3.8) is 0 Å². The van der Waals surface area contributed by atoms with Crippen LogP contribution in [0.15, 0.2) is 71.6 Å². The smallest absolute Gasteiger partial charge is 0.262 e. The lowest BCUT2D eigenvalue weighted by Gasteiger charge is -2.19. The molecular weight excluding hydrogens is 452 g/mol. The Bertz CT molecular complexity index is 1310. The van der Waals surface area contributed by atoms with E-state index in [1.165, 1.54) is 61.6 Å². The second-order valence-corrected chi connectivity index (χ2v) is 8.96. The first-order chi connectivity index (χ1) is 15.6. The fourth-order valence-corrected chi connectivity index (χ4v) is 4.10. The summed E-state index contributed by atoms with van der Waals surface area (Å²) in [4.78, 5) is 26.0. The average Bonchev–Trinajstić information content (AvgIpc) is 2.75. The number of para-hydroxylation sites is 1. The van der Waals surface area contributed by atoms with Crippen LogP contribution < -0.4 is 10.0 Å². The summed E-state index contributed by atoms with van der Waals surface area (Å²) >= 11 is 0. The van der Waals surface area contributed by atoms with Crippen LogP contribution in [0, 0.1) is 18.6 Å². The monoisotopic (exact) mass is 473 g/mol. The van der Waals surface area contributed by atoms with E-state index in [1.54, 1.807) is 6.92 Å². The Labute approximate surface area is 190 Å². The van der Waals surface area contributed by atoms with Gasteiger partial charge in [-0.3, -0.25) is 14.3 Å². The first kappa shape index (κ1) is 23.9. The molecule has 3 rings (SSSR count). The summed E-state index contributed by atoms with van der Waals surface area (Å²) in [5.74, 6) is -2.41. The predicted octanol–water partition coefficient (Wildman–Crippen LogP) is 3.78. The van der Waals surface area contributed by atoms with E-state index in [9.17, 15) is 26.8 Å². The van der Waals surface area contributed by atoms with Crippen LogP contribution in [0.2, 0.25) is 0 Å². The fourth-order valence-electron chi connectivity index (χ4n) is 3.01. The van der Waals surface area contributed by atoms with Crippen molar-refractivity contribution in [1.29, 1.82) is 0 Å². The number of likely N-dealkylation sites (N-methyl/N-ethyl adjacent to an activating group) is 1. The maximum Gasteiger partial charge on any atom is 0.262 e. The van der Waals surface area contributed by atoms with Crippen molar-refractivity contribution < 1.29 is 26.8 Å². The van der Waals surface area contributed by atoms with Crippen molar-refractivity contribution >= 4 is 33.2 Å². The van der Waals surface area contributed by atoms with Crippen LogP contribution in [0.1, 0.15) is 15.9 Å². The molecule has 0 bridgehead atoms. The molecule has 7 nitrogen and oxygen atoms in total. The molecular formula is C23H21F2N3O4S. The number of sulfonamides is 1. The number of rotatable bonds is 7. The van der Waals surface area contributed by atoms with Crippen molar-refractivity contribution in [1.82, 2.24) is 4.90 Å². The molecule has 0 atom stereocenters. The molecule has 0 spiro atoms. The Morgan fingerprint density at radius 1 is 0.970 bits per heavy atom. The number of benzene rings is 3. The lowest BCUT2D eigenvalue weighted by molar-refractivity contribution is -0.116. The number of hydrogen-bond donors (Lipinski definition) is 2. The molecule has 2 N–H and O–H groups in total. The van der Waals surface area contributed by atoms with Gasteiger partial charge < -0.3 is 10.2 Å². The summed E-state index contributed by atoms with van der Waals surface area (Å²) in [6.45, 7) is 1.27. The van der Waals surface area contributed by atoms with Gasteiger partial charge in [-0.05, 0) is 55.0 Å². The number of carbonyl (C=O) groups is 2. The van der Waals surface area contributed by atoms with E-state index < -0.39 is 33.5 Å². The molecule has 3 aromatic carbocycles. The molecule has 0 fully saturated rings. The van der Waals surface area contributed by atoms with E-state index in [4.69, 9.17) is 0 Å². The largest absolute Gasteiger partial charge is 0.332 e. The topological polar surface area (TPSA) is 95.6 Å². The maximum absolute atomic E-state index is 13.9. The van der Waals surface area contributed by atoms with Crippen LogP contribution in [0.3, 0.4) is 0 Å². The molecule has 0 saturated heterocycles. The van der Waals surface area contributed by atoms with Crippen molar-refractivity contribution in [3.8, 4) is 0 Å². The standard InChI is InChI=1S/C23H21F2N3O4S/c1-15-10-11-18(33(31,32)27-21-9-4-3-8-20(21)25)13-19(15)23(30)28(2)14-22(29)26-17-7-5-6-16(24)12-17/h3-13,27H,14H2,1-2H3,(H,26,29). The Morgan fingerprint density at radius 3 is 2.39 bits per heavy atom. The normalized spacial score (nSPS) is 11.0. The summed E-state index contributed by atoms with van der Waals surface area (Å²) < 4.78 is 54.7. The Morgan fingerprint density at radius 2 is 1.70 bits per heavy atom. The predicted molar refractivity (Wildman–Crippen MR) is 120 cm³/mol. The highest BCUT2D eigenvalue weighted by atomic mass is 32.2. The van der Waals surface area contributed by atoms with Gasteiger partial charge in [-0.25, -0.2) is 17.2 Å².